The van der Waals surface area contributed by atoms with Gasteiger partial charge in [-0.15, -0.1) is 0 Å². The Morgan fingerprint density at radius 2 is 2.54 bits per heavy atom. The summed E-state index contributed by atoms with van der Waals surface area (Å²) in [7, 11) is 0. The zero-order valence-corrected chi connectivity index (χ0v) is 10.2. The van der Waals surface area contributed by atoms with E-state index >= 15 is 0 Å². The van der Waals surface area contributed by atoms with Crippen LogP contribution in [0.4, 0.5) is 0 Å². The third-order valence-electron chi connectivity index (χ3n) is 2.03. The third-order valence-corrected chi connectivity index (χ3v) is 4.12. The third kappa shape index (κ3) is 4.27. The maximum Gasteiger partial charge on any atom is 0.156 e. The van der Waals surface area contributed by atoms with Crippen molar-refractivity contribution in [2.75, 3.05) is 19.3 Å². The Morgan fingerprint density at radius 3 is 3.08 bits per heavy atom. The SMILES string of the molecule is CSC(C)CCNC1=NCC(C)S1. The molecule has 0 fully saturated rings. The van der Waals surface area contributed by atoms with Crippen LogP contribution >= 0.6 is 23.5 Å². The lowest BCUT2D eigenvalue weighted by molar-refractivity contribution is 0.772. The van der Waals surface area contributed by atoms with Gasteiger partial charge in [0, 0.05) is 17.0 Å². The second-order valence-corrected chi connectivity index (χ2v) is 6.04. The van der Waals surface area contributed by atoms with Crippen molar-refractivity contribution < 1.29 is 0 Å². The van der Waals surface area contributed by atoms with Crippen LogP contribution in [0.1, 0.15) is 20.3 Å². The zero-order chi connectivity index (χ0) is 9.68. The van der Waals surface area contributed by atoms with Gasteiger partial charge in [0.15, 0.2) is 5.17 Å². The standard InChI is InChI=1S/C9H18N2S2/c1-7(12-3)4-5-10-9-11-6-8(2)13-9/h7-8H,4-6H2,1-3H3,(H,10,11). The molecule has 0 amide bonds. The molecule has 2 unspecified atom stereocenters. The van der Waals surface area contributed by atoms with Gasteiger partial charge in [-0.25, -0.2) is 0 Å². The number of thioether (sulfide) groups is 2. The van der Waals surface area contributed by atoms with Crippen molar-refractivity contribution in [3.05, 3.63) is 0 Å². The molecule has 1 heterocycles. The Balaban J connectivity index is 2.06. The highest BCUT2D eigenvalue weighted by atomic mass is 32.2. The Hall–Kier alpha value is 0.170. The van der Waals surface area contributed by atoms with Crippen molar-refractivity contribution in [2.24, 2.45) is 4.99 Å². The van der Waals surface area contributed by atoms with Gasteiger partial charge in [-0.3, -0.25) is 4.99 Å². The minimum absolute atomic E-state index is 0.667. The Kier molecular flexibility index (Phi) is 5.02. The lowest BCUT2D eigenvalue weighted by Crippen LogP contribution is -2.22. The molecular formula is C9H18N2S2. The Bertz CT molecular complexity index is 182. The highest BCUT2D eigenvalue weighted by Gasteiger charge is 2.13. The summed E-state index contributed by atoms with van der Waals surface area (Å²) < 4.78 is 0. The van der Waals surface area contributed by atoms with E-state index in [1.165, 1.54) is 6.42 Å². The fourth-order valence-electron chi connectivity index (χ4n) is 1.07. The van der Waals surface area contributed by atoms with Crippen LogP contribution in [0.2, 0.25) is 0 Å². The first-order chi connectivity index (χ1) is 6.22. The summed E-state index contributed by atoms with van der Waals surface area (Å²) in [5, 5.41) is 5.93. The average Bonchev–Trinajstić information content (AvgIpc) is 2.51. The topological polar surface area (TPSA) is 24.4 Å². The molecule has 0 saturated carbocycles. The Morgan fingerprint density at radius 1 is 1.77 bits per heavy atom. The molecule has 0 saturated heterocycles. The number of nitrogens with one attached hydrogen (secondary N) is 1. The van der Waals surface area contributed by atoms with Crippen LogP contribution in [-0.4, -0.2) is 35.0 Å². The molecule has 1 N–H and O–H groups in total. The summed E-state index contributed by atoms with van der Waals surface area (Å²) in [4.78, 5) is 4.40. The van der Waals surface area contributed by atoms with Crippen LogP contribution in [0.15, 0.2) is 4.99 Å². The molecule has 1 aliphatic heterocycles. The summed E-state index contributed by atoms with van der Waals surface area (Å²) in [5.41, 5.74) is 0. The van der Waals surface area contributed by atoms with Gasteiger partial charge in [0.05, 0.1) is 6.54 Å². The van der Waals surface area contributed by atoms with Gasteiger partial charge in [-0.2, -0.15) is 11.8 Å². The fourth-order valence-corrected chi connectivity index (χ4v) is 2.29. The lowest BCUT2D eigenvalue weighted by atomic mass is 10.3. The van der Waals surface area contributed by atoms with E-state index < -0.39 is 0 Å². The molecule has 1 aliphatic rings. The van der Waals surface area contributed by atoms with Crippen molar-refractivity contribution >= 4 is 28.7 Å². The number of nitrogens with zero attached hydrogens (tertiary/aromatic N) is 1. The van der Waals surface area contributed by atoms with Gasteiger partial charge in [0.2, 0.25) is 0 Å². The molecule has 0 radical (unpaired) electrons. The average molecular weight is 218 g/mol. The largest absolute Gasteiger partial charge is 0.365 e. The smallest absolute Gasteiger partial charge is 0.156 e. The van der Waals surface area contributed by atoms with Crippen LogP contribution in [0.3, 0.4) is 0 Å². The molecule has 0 aromatic rings. The van der Waals surface area contributed by atoms with E-state index in [4.69, 9.17) is 0 Å². The highest BCUT2D eigenvalue weighted by molar-refractivity contribution is 8.14. The fraction of sp³-hybridized carbons (Fsp3) is 0.889. The van der Waals surface area contributed by atoms with E-state index in [1.807, 2.05) is 23.5 Å². The van der Waals surface area contributed by atoms with Crippen molar-refractivity contribution in [1.29, 1.82) is 0 Å². The van der Waals surface area contributed by atoms with Gasteiger partial charge < -0.3 is 5.32 Å². The summed E-state index contributed by atoms with van der Waals surface area (Å²) >= 11 is 3.78. The van der Waals surface area contributed by atoms with Crippen LogP contribution in [0.25, 0.3) is 0 Å². The molecule has 0 spiro atoms. The second-order valence-electron chi connectivity index (χ2n) is 3.34. The predicted octanol–water partition coefficient (Wildman–Crippen LogP) is 2.21. The minimum Gasteiger partial charge on any atom is -0.365 e. The van der Waals surface area contributed by atoms with Gasteiger partial charge in [-0.05, 0) is 12.7 Å². The van der Waals surface area contributed by atoms with Gasteiger partial charge in [0.1, 0.15) is 0 Å². The molecule has 76 valence electrons. The molecule has 4 heteroatoms. The maximum atomic E-state index is 4.40. The molecule has 2 atom stereocenters. The monoisotopic (exact) mass is 218 g/mol. The summed E-state index contributed by atoms with van der Waals surface area (Å²) in [6.07, 6.45) is 3.38. The zero-order valence-electron chi connectivity index (χ0n) is 8.54. The van der Waals surface area contributed by atoms with Crippen molar-refractivity contribution in [1.82, 2.24) is 5.32 Å². The molecule has 1 rings (SSSR count). The summed E-state index contributed by atoms with van der Waals surface area (Å²) in [5.74, 6) is 0. The first kappa shape index (κ1) is 11.2. The highest BCUT2D eigenvalue weighted by Crippen LogP contribution is 2.18. The van der Waals surface area contributed by atoms with E-state index in [1.54, 1.807) is 0 Å². The predicted molar refractivity (Wildman–Crippen MR) is 65.0 cm³/mol. The first-order valence-electron chi connectivity index (χ1n) is 4.70. The number of hydrogen-bond donors (Lipinski definition) is 1. The normalized spacial score (nSPS) is 24.2. The molecule has 0 bridgehead atoms. The maximum absolute atomic E-state index is 4.40. The van der Waals surface area contributed by atoms with Crippen LogP contribution in [-0.2, 0) is 0 Å². The van der Waals surface area contributed by atoms with Crippen LogP contribution < -0.4 is 5.32 Å². The second kappa shape index (κ2) is 5.81. The molecule has 0 aromatic heterocycles. The van der Waals surface area contributed by atoms with Gasteiger partial charge >= 0.3 is 0 Å². The summed E-state index contributed by atoms with van der Waals surface area (Å²) in [6.45, 7) is 6.51. The van der Waals surface area contributed by atoms with Crippen molar-refractivity contribution in [2.45, 2.75) is 30.8 Å². The van der Waals surface area contributed by atoms with E-state index in [0.717, 1.165) is 23.5 Å². The summed E-state index contributed by atoms with van der Waals surface area (Å²) in [6, 6.07) is 0. The molecular weight excluding hydrogens is 200 g/mol. The van der Waals surface area contributed by atoms with Crippen LogP contribution in [0.5, 0.6) is 0 Å². The van der Waals surface area contributed by atoms with Gasteiger partial charge in [0.25, 0.3) is 0 Å². The van der Waals surface area contributed by atoms with Crippen molar-refractivity contribution in [3.8, 4) is 0 Å². The lowest BCUT2D eigenvalue weighted by Gasteiger charge is -2.09. The van der Waals surface area contributed by atoms with E-state index in [9.17, 15) is 0 Å². The van der Waals surface area contributed by atoms with E-state index in [0.29, 0.717) is 5.25 Å². The molecule has 2 nitrogen and oxygen atoms in total. The van der Waals surface area contributed by atoms with E-state index in [2.05, 4.69) is 30.4 Å². The number of hydrogen-bond acceptors (Lipinski definition) is 4. The quantitative estimate of drug-likeness (QED) is 0.783. The minimum atomic E-state index is 0.667. The molecule has 0 aromatic carbocycles. The van der Waals surface area contributed by atoms with Crippen LogP contribution in [0, 0.1) is 0 Å². The Labute approximate surface area is 89.3 Å². The molecule has 0 aliphatic carbocycles. The number of amidine groups is 1. The van der Waals surface area contributed by atoms with E-state index in [-0.39, 0.29) is 0 Å². The van der Waals surface area contributed by atoms with Gasteiger partial charge in [-0.1, -0.05) is 25.6 Å². The van der Waals surface area contributed by atoms with Crippen molar-refractivity contribution in [3.63, 3.8) is 0 Å². The number of aliphatic imine (C=N–C) groups is 1. The number of rotatable bonds is 4. The molecule has 13 heavy (non-hydrogen) atoms. The first-order valence-corrected chi connectivity index (χ1v) is 6.87.